The van der Waals surface area contributed by atoms with Crippen LogP contribution in [0.4, 0.5) is 9.59 Å². The number of aliphatic hydroxyl groups is 2. The molecule has 0 saturated carbocycles. The van der Waals surface area contributed by atoms with Gasteiger partial charge >= 0.3 is 18.2 Å². The SMILES string of the molecule is CC(C)(C)OC(=O)N[C@@H]1c2ccc(Br)cc2C[C@H]1O.CCOC(=O)c1ccc2c(c1)C[C@@H](O)[C@@H]2NC(=O)OC(C)(C)C. The summed E-state index contributed by atoms with van der Waals surface area (Å²) in [6.07, 6.45) is -1.55. The van der Waals surface area contributed by atoms with Gasteiger partial charge in [-0.3, -0.25) is 0 Å². The summed E-state index contributed by atoms with van der Waals surface area (Å²) in [5.41, 5.74) is 2.89. The molecule has 0 saturated heterocycles. The number of esters is 1. The summed E-state index contributed by atoms with van der Waals surface area (Å²) in [6.45, 7) is 12.8. The maximum absolute atomic E-state index is 11.9. The van der Waals surface area contributed by atoms with Gasteiger partial charge in [-0.25, -0.2) is 14.4 Å². The Hall–Kier alpha value is -3.15. The van der Waals surface area contributed by atoms with Crippen LogP contribution < -0.4 is 10.6 Å². The fourth-order valence-electron chi connectivity index (χ4n) is 4.80. The number of hydrogen-bond donors (Lipinski definition) is 4. The first-order chi connectivity index (χ1) is 19.5. The van der Waals surface area contributed by atoms with E-state index in [9.17, 15) is 24.6 Å². The fourth-order valence-corrected chi connectivity index (χ4v) is 5.21. The highest BCUT2D eigenvalue weighted by Gasteiger charge is 2.35. The Balaban J connectivity index is 0.000000235. The highest BCUT2D eigenvalue weighted by Crippen LogP contribution is 2.34. The Morgan fingerprint density at radius 3 is 1.71 bits per heavy atom. The number of benzene rings is 2. The van der Waals surface area contributed by atoms with Gasteiger partial charge in [-0.05, 0) is 95.0 Å². The summed E-state index contributed by atoms with van der Waals surface area (Å²) in [6, 6.07) is 9.91. The van der Waals surface area contributed by atoms with Crippen molar-refractivity contribution >= 4 is 34.1 Å². The van der Waals surface area contributed by atoms with Crippen molar-refractivity contribution < 1.29 is 38.8 Å². The average Bonchev–Trinajstić information content (AvgIpc) is 3.31. The number of ether oxygens (including phenoxy) is 3. The van der Waals surface area contributed by atoms with Crippen LogP contribution in [0.5, 0.6) is 0 Å². The van der Waals surface area contributed by atoms with E-state index in [-0.39, 0.29) is 0 Å². The zero-order valence-corrected chi connectivity index (χ0v) is 26.7. The van der Waals surface area contributed by atoms with Crippen molar-refractivity contribution in [3.05, 3.63) is 68.7 Å². The Kier molecular flexibility index (Phi) is 10.7. The summed E-state index contributed by atoms with van der Waals surface area (Å²) in [5, 5.41) is 25.7. The van der Waals surface area contributed by atoms with E-state index in [1.807, 2.05) is 39.0 Å². The van der Waals surface area contributed by atoms with Gasteiger partial charge in [-0.1, -0.05) is 28.1 Å². The first kappa shape index (κ1) is 33.4. The lowest BCUT2D eigenvalue weighted by Crippen LogP contribution is -2.38. The molecule has 0 bridgehead atoms. The van der Waals surface area contributed by atoms with E-state index in [0.29, 0.717) is 25.0 Å². The molecule has 0 heterocycles. The molecule has 0 fully saturated rings. The standard InChI is InChI=1S/C17H23NO5.C14H18BrNO3/c1-5-22-15(20)10-6-7-12-11(8-10)9-13(19)14(12)18-16(21)23-17(2,3)4;1-14(2,3)19-13(18)16-12-10-5-4-9(15)6-8(10)7-11(12)17/h6-8,13-14,19H,5,9H2,1-4H3,(H,18,21);4-6,11-12,17H,7H2,1-3H3,(H,16,18)/t13-,14-;11-,12-/m11/s1. The molecule has 2 aliphatic carbocycles. The van der Waals surface area contributed by atoms with E-state index < -0.39 is 53.6 Å². The number of carbonyl (C=O) groups excluding carboxylic acids is 3. The number of rotatable bonds is 4. The maximum Gasteiger partial charge on any atom is 0.408 e. The number of amides is 2. The molecule has 11 heteroatoms. The lowest BCUT2D eigenvalue weighted by molar-refractivity contribution is 0.0430. The summed E-state index contributed by atoms with van der Waals surface area (Å²) in [7, 11) is 0. The van der Waals surface area contributed by atoms with Crippen molar-refractivity contribution in [2.75, 3.05) is 6.61 Å². The molecule has 230 valence electrons. The number of alkyl carbamates (subject to hydrolysis) is 2. The van der Waals surface area contributed by atoms with Crippen LogP contribution in [-0.4, -0.2) is 58.4 Å². The number of nitrogens with one attached hydrogen (secondary N) is 2. The summed E-state index contributed by atoms with van der Waals surface area (Å²) in [5.74, 6) is -0.395. The maximum atomic E-state index is 11.9. The Bertz CT molecular complexity index is 1300. The largest absolute Gasteiger partial charge is 0.462 e. The number of fused-ring (bicyclic) bond motifs is 2. The fraction of sp³-hybridized carbons (Fsp3) is 0.516. The van der Waals surface area contributed by atoms with Gasteiger partial charge in [0.05, 0.1) is 36.5 Å². The third kappa shape index (κ3) is 9.17. The van der Waals surface area contributed by atoms with Crippen LogP contribution in [0.1, 0.15) is 93.2 Å². The van der Waals surface area contributed by atoms with Gasteiger partial charge < -0.3 is 35.1 Å². The summed E-state index contributed by atoms with van der Waals surface area (Å²) >= 11 is 3.40. The molecule has 2 aromatic rings. The third-order valence-corrected chi connectivity index (χ3v) is 6.89. The third-order valence-electron chi connectivity index (χ3n) is 6.40. The zero-order valence-electron chi connectivity index (χ0n) is 25.1. The topological polar surface area (TPSA) is 143 Å². The van der Waals surface area contributed by atoms with Crippen LogP contribution in [0.2, 0.25) is 0 Å². The molecule has 4 N–H and O–H groups in total. The van der Waals surface area contributed by atoms with Gasteiger partial charge in [0.1, 0.15) is 11.2 Å². The molecule has 0 aromatic heterocycles. The first-order valence-corrected chi connectivity index (χ1v) is 14.7. The number of halogens is 1. The van der Waals surface area contributed by atoms with Crippen molar-refractivity contribution in [1.82, 2.24) is 10.6 Å². The lowest BCUT2D eigenvalue weighted by Gasteiger charge is -2.23. The minimum absolute atomic E-state index is 0.307. The molecule has 10 nitrogen and oxygen atoms in total. The van der Waals surface area contributed by atoms with Crippen molar-refractivity contribution in [3.8, 4) is 0 Å². The average molecular weight is 650 g/mol. The number of carbonyl (C=O) groups is 3. The van der Waals surface area contributed by atoms with Crippen LogP contribution >= 0.6 is 15.9 Å². The molecule has 0 aliphatic heterocycles. The van der Waals surface area contributed by atoms with Crippen LogP contribution in [0.25, 0.3) is 0 Å². The molecule has 4 rings (SSSR count). The van der Waals surface area contributed by atoms with Crippen LogP contribution in [0.15, 0.2) is 40.9 Å². The van der Waals surface area contributed by atoms with Crippen molar-refractivity contribution in [3.63, 3.8) is 0 Å². The molecule has 42 heavy (non-hydrogen) atoms. The number of hydrogen-bond acceptors (Lipinski definition) is 8. The van der Waals surface area contributed by atoms with E-state index >= 15 is 0 Å². The highest BCUT2D eigenvalue weighted by molar-refractivity contribution is 9.10. The van der Waals surface area contributed by atoms with Gasteiger partial charge in [0.25, 0.3) is 0 Å². The quantitative estimate of drug-likeness (QED) is 0.259. The minimum atomic E-state index is -0.755. The van der Waals surface area contributed by atoms with Crippen molar-refractivity contribution in [2.45, 2.75) is 96.8 Å². The highest BCUT2D eigenvalue weighted by atomic mass is 79.9. The molecule has 4 atom stereocenters. The molecular formula is C31H41BrN2O8. The lowest BCUT2D eigenvalue weighted by atomic mass is 10.0. The predicted molar refractivity (Wildman–Crippen MR) is 160 cm³/mol. The zero-order chi connectivity index (χ0) is 31.4. The van der Waals surface area contributed by atoms with Crippen molar-refractivity contribution in [1.29, 1.82) is 0 Å². The second kappa shape index (κ2) is 13.4. The Morgan fingerprint density at radius 2 is 1.26 bits per heavy atom. The molecular weight excluding hydrogens is 608 g/mol. The molecule has 0 radical (unpaired) electrons. The Morgan fingerprint density at radius 1 is 0.810 bits per heavy atom. The first-order valence-electron chi connectivity index (χ1n) is 13.9. The van der Waals surface area contributed by atoms with Gasteiger partial charge in [0.2, 0.25) is 0 Å². The van der Waals surface area contributed by atoms with Gasteiger partial charge in [0.15, 0.2) is 0 Å². The monoisotopic (exact) mass is 648 g/mol. The molecule has 0 spiro atoms. The van der Waals surface area contributed by atoms with Crippen LogP contribution in [-0.2, 0) is 27.1 Å². The molecule has 0 unspecified atom stereocenters. The summed E-state index contributed by atoms with van der Waals surface area (Å²) in [4.78, 5) is 35.5. The molecule has 2 amide bonds. The van der Waals surface area contributed by atoms with Gasteiger partial charge in [0, 0.05) is 17.3 Å². The minimum Gasteiger partial charge on any atom is -0.462 e. The number of aliphatic hydroxyl groups excluding tert-OH is 2. The second-order valence-electron chi connectivity index (χ2n) is 12.3. The Labute approximate surface area is 255 Å². The van der Waals surface area contributed by atoms with E-state index in [4.69, 9.17) is 14.2 Å². The van der Waals surface area contributed by atoms with E-state index in [1.165, 1.54) is 0 Å². The smallest absolute Gasteiger partial charge is 0.408 e. The predicted octanol–water partition coefficient (Wildman–Crippen LogP) is 5.28. The second-order valence-corrected chi connectivity index (χ2v) is 13.2. The van der Waals surface area contributed by atoms with Gasteiger partial charge in [-0.2, -0.15) is 0 Å². The molecule has 2 aromatic carbocycles. The molecule has 2 aliphatic rings. The van der Waals surface area contributed by atoms with Crippen LogP contribution in [0.3, 0.4) is 0 Å². The summed E-state index contributed by atoms with van der Waals surface area (Å²) < 4.78 is 16.4. The van der Waals surface area contributed by atoms with Crippen molar-refractivity contribution in [2.24, 2.45) is 0 Å². The van der Waals surface area contributed by atoms with E-state index in [2.05, 4.69) is 26.6 Å². The van der Waals surface area contributed by atoms with E-state index in [1.54, 1.807) is 45.9 Å². The van der Waals surface area contributed by atoms with Crippen LogP contribution in [0, 0.1) is 0 Å². The van der Waals surface area contributed by atoms with Gasteiger partial charge in [-0.15, -0.1) is 0 Å². The normalized spacial score (nSPS) is 20.8. The van der Waals surface area contributed by atoms with E-state index in [0.717, 1.165) is 26.7 Å².